The Morgan fingerprint density at radius 1 is 1.46 bits per heavy atom. The van der Waals surface area contributed by atoms with Crippen LogP contribution in [0.1, 0.15) is 5.56 Å². The molecule has 5 heteroatoms. The molecule has 1 aromatic rings. The lowest BCUT2D eigenvalue weighted by molar-refractivity contribution is 0.387. The van der Waals surface area contributed by atoms with Gasteiger partial charge in [0.15, 0.2) is 11.6 Å². The highest BCUT2D eigenvalue weighted by molar-refractivity contribution is 5.85. The average Bonchev–Trinajstić information content (AvgIpc) is 2.08. The number of anilines is 1. The van der Waals surface area contributed by atoms with Crippen molar-refractivity contribution in [3.05, 3.63) is 23.5 Å². The van der Waals surface area contributed by atoms with E-state index >= 15 is 0 Å². The van der Waals surface area contributed by atoms with Gasteiger partial charge >= 0.3 is 0 Å². The van der Waals surface area contributed by atoms with Crippen molar-refractivity contribution in [3.63, 3.8) is 0 Å². The number of halogens is 2. The van der Waals surface area contributed by atoms with E-state index < -0.39 is 5.82 Å². The Labute approximate surface area is 82.5 Å². The molecule has 0 aliphatic rings. The fraction of sp³-hybridized carbons (Fsp3) is 0.250. The SMILES string of the molecule is COc1cc(C)cc(NN)c1F.Cl. The van der Waals surface area contributed by atoms with Gasteiger partial charge in [0.2, 0.25) is 0 Å². The molecule has 3 nitrogen and oxygen atoms in total. The van der Waals surface area contributed by atoms with E-state index in [2.05, 4.69) is 5.43 Å². The van der Waals surface area contributed by atoms with Crippen LogP contribution in [-0.2, 0) is 0 Å². The normalized spacial score (nSPS) is 8.92. The standard InChI is InChI=1S/C8H11FN2O.ClH/c1-5-3-6(11-10)8(9)7(4-5)12-2;/h3-4,11H,10H2,1-2H3;1H. The lowest BCUT2D eigenvalue weighted by Gasteiger charge is -2.07. The van der Waals surface area contributed by atoms with Crippen LogP contribution in [0.15, 0.2) is 12.1 Å². The molecule has 0 unspecified atom stereocenters. The molecular weight excluding hydrogens is 195 g/mol. The Hall–Kier alpha value is -1.00. The van der Waals surface area contributed by atoms with Gasteiger partial charge in [-0.2, -0.15) is 0 Å². The molecule has 0 amide bonds. The van der Waals surface area contributed by atoms with Crippen molar-refractivity contribution >= 4 is 18.1 Å². The van der Waals surface area contributed by atoms with E-state index in [0.29, 0.717) is 0 Å². The van der Waals surface area contributed by atoms with Gasteiger partial charge in [-0.05, 0) is 24.6 Å². The zero-order valence-corrected chi connectivity index (χ0v) is 8.24. The van der Waals surface area contributed by atoms with Crippen LogP contribution in [0, 0.1) is 12.7 Å². The van der Waals surface area contributed by atoms with E-state index in [4.69, 9.17) is 10.6 Å². The lowest BCUT2D eigenvalue weighted by atomic mass is 10.2. The minimum absolute atomic E-state index is 0. The van der Waals surface area contributed by atoms with E-state index in [1.54, 1.807) is 12.1 Å². The van der Waals surface area contributed by atoms with Gasteiger partial charge < -0.3 is 10.2 Å². The highest BCUT2D eigenvalue weighted by Crippen LogP contribution is 2.25. The minimum atomic E-state index is -0.467. The third-order valence-corrected chi connectivity index (χ3v) is 1.56. The van der Waals surface area contributed by atoms with Gasteiger partial charge in [-0.15, -0.1) is 12.4 Å². The predicted molar refractivity (Wildman–Crippen MR) is 52.7 cm³/mol. The Balaban J connectivity index is 0.00000144. The van der Waals surface area contributed by atoms with Crippen LogP contribution in [0.25, 0.3) is 0 Å². The van der Waals surface area contributed by atoms with E-state index in [1.807, 2.05) is 6.92 Å². The summed E-state index contributed by atoms with van der Waals surface area (Å²) >= 11 is 0. The van der Waals surface area contributed by atoms with Crippen molar-refractivity contribution in [2.75, 3.05) is 12.5 Å². The fourth-order valence-corrected chi connectivity index (χ4v) is 0.989. The molecule has 1 aromatic carbocycles. The van der Waals surface area contributed by atoms with Crippen LogP contribution in [0.5, 0.6) is 5.75 Å². The first-order valence-corrected chi connectivity index (χ1v) is 3.49. The smallest absolute Gasteiger partial charge is 0.189 e. The molecule has 0 fully saturated rings. The zero-order chi connectivity index (χ0) is 9.14. The minimum Gasteiger partial charge on any atom is -0.494 e. The van der Waals surface area contributed by atoms with Crippen LogP contribution in [-0.4, -0.2) is 7.11 Å². The number of aryl methyl sites for hydroxylation is 1. The Morgan fingerprint density at radius 3 is 2.54 bits per heavy atom. The van der Waals surface area contributed by atoms with E-state index in [1.165, 1.54) is 7.11 Å². The van der Waals surface area contributed by atoms with Gasteiger partial charge in [-0.1, -0.05) is 0 Å². The van der Waals surface area contributed by atoms with Gasteiger partial charge in [-0.25, -0.2) is 4.39 Å². The maximum absolute atomic E-state index is 13.2. The monoisotopic (exact) mass is 206 g/mol. The van der Waals surface area contributed by atoms with Crippen LogP contribution in [0.2, 0.25) is 0 Å². The summed E-state index contributed by atoms with van der Waals surface area (Å²) in [7, 11) is 1.41. The summed E-state index contributed by atoms with van der Waals surface area (Å²) in [6.07, 6.45) is 0. The summed E-state index contributed by atoms with van der Waals surface area (Å²) in [5, 5.41) is 0. The average molecular weight is 207 g/mol. The van der Waals surface area contributed by atoms with Gasteiger partial charge in [-0.3, -0.25) is 5.84 Å². The Bertz CT molecular complexity index is 268. The number of benzene rings is 1. The Kier molecular flexibility index (Phi) is 4.51. The largest absolute Gasteiger partial charge is 0.494 e. The number of nitrogens with one attached hydrogen (secondary N) is 1. The first kappa shape index (κ1) is 12.0. The number of hydrazine groups is 1. The third kappa shape index (κ3) is 2.47. The lowest BCUT2D eigenvalue weighted by Crippen LogP contribution is -2.09. The van der Waals surface area contributed by atoms with Gasteiger partial charge in [0, 0.05) is 0 Å². The summed E-state index contributed by atoms with van der Waals surface area (Å²) in [4.78, 5) is 0. The summed E-state index contributed by atoms with van der Waals surface area (Å²) in [5.74, 6) is 4.83. The summed E-state index contributed by atoms with van der Waals surface area (Å²) in [6.45, 7) is 1.84. The molecule has 74 valence electrons. The van der Waals surface area contributed by atoms with E-state index in [-0.39, 0.29) is 23.8 Å². The highest BCUT2D eigenvalue weighted by Gasteiger charge is 2.08. The van der Waals surface area contributed by atoms with Gasteiger partial charge in [0.1, 0.15) is 0 Å². The molecule has 13 heavy (non-hydrogen) atoms. The van der Waals surface area contributed by atoms with Crippen molar-refractivity contribution in [1.29, 1.82) is 0 Å². The quantitative estimate of drug-likeness (QED) is 0.574. The van der Waals surface area contributed by atoms with Crippen molar-refractivity contribution in [3.8, 4) is 5.75 Å². The zero-order valence-electron chi connectivity index (χ0n) is 7.43. The molecular formula is C8H12ClFN2O. The maximum Gasteiger partial charge on any atom is 0.189 e. The van der Waals surface area contributed by atoms with Crippen molar-refractivity contribution in [1.82, 2.24) is 0 Å². The molecule has 0 spiro atoms. The van der Waals surface area contributed by atoms with Crippen LogP contribution >= 0.6 is 12.4 Å². The second-order valence-corrected chi connectivity index (χ2v) is 2.47. The maximum atomic E-state index is 13.2. The van der Waals surface area contributed by atoms with Crippen LogP contribution in [0.3, 0.4) is 0 Å². The molecule has 0 radical (unpaired) electrons. The second kappa shape index (κ2) is 4.89. The Morgan fingerprint density at radius 2 is 2.08 bits per heavy atom. The summed E-state index contributed by atoms with van der Waals surface area (Å²) < 4.78 is 18.0. The number of nitrogen functional groups attached to an aromatic ring is 1. The van der Waals surface area contributed by atoms with Crippen molar-refractivity contribution in [2.24, 2.45) is 5.84 Å². The third-order valence-electron chi connectivity index (χ3n) is 1.56. The van der Waals surface area contributed by atoms with Gasteiger partial charge in [0.05, 0.1) is 12.8 Å². The first-order valence-electron chi connectivity index (χ1n) is 3.49. The molecule has 0 aliphatic carbocycles. The molecule has 0 heterocycles. The molecule has 3 N–H and O–H groups in total. The summed E-state index contributed by atoms with van der Waals surface area (Å²) in [5.41, 5.74) is 3.39. The topological polar surface area (TPSA) is 47.3 Å². The van der Waals surface area contributed by atoms with Crippen molar-refractivity contribution < 1.29 is 9.13 Å². The van der Waals surface area contributed by atoms with Crippen LogP contribution < -0.4 is 16.0 Å². The number of nitrogens with two attached hydrogens (primary N) is 1. The molecule has 0 aliphatic heterocycles. The number of hydrogen-bond donors (Lipinski definition) is 2. The number of methoxy groups -OCH3 is 1. The summed E-state index contributed by atoms with van der Waals surface area (Å²) in [6, 6.07) is 3.22. The molecule has 0 saturated heterocycles. The molecule has 0 atom stereocenters. The van der Waals surface area contributed by atoms with E-state index in [9.17, 15) is 4.39 Å². The molecule has 0 aromatic heterocycles. The van der Waals surface area contributed by atoms with Crippen LogP contribution in [0.4, 0.5) is 10.1 Å². The van der Waals surface area contributed by atoms with E-state index in [0.717, 1.165) is 5.56 Å². The molecule has 0 bridgehead atoms. The molecule has 0 saturated carbocycles. The molecule has 1 rings (SSSR count). The second-order valence-electron chi connectivity index (χ2n) is 2.47. The number of hydrogen-bond acceptors (Lipinski definition) is 3. The van der Waals surface area contributed by atoms with Crippen molar-refractivity contribution in [2.45, 2.75) is 6.92 Å². The fourth-order valence-electron chi connectivity index (χ4n) is 0.989. The highest BCUT2D eigenvalue weighted by atomic mass is 35.5. The number of rotatable bonds is 2. The first-order chi connectivity index (χ1) is 5.69. The predicted octanol–water partition coefficient (Wildman–Crippen LogP) is 1.85. The number of ether oxygens (including phenoxy) is 1. The van der Waals surface area contributed by atoms with Gasteiger partial charge in [0.25, 0.3) is 0 Å².